The van der Waals surface area contributed by atoms with Crippen molar-refractivity contribution in [3.8, 4) is 16.5 Å². The molecule has 4 aromatic rings. The van der Waals surface area contributed by atoms with Gasteiger partial charge in [0.2, 0.25) is 0 Å². The zero-order valence-corrected chi connectivity index (χ0v) is 13.2. The molecule has 0 radical (unpaired) electrons. The van der Waals surface area contributed by atoms with Crippen molar-refractivity contribution in [1.82, 2.24) is 14.5 Å². The predicted molar refractivity (Wildman–Crippen MR) is 91.3 cm³/mol. The fourth-order valence-corrected chi connectivity index (χ4v) is 2.98. The lowest BCUT2D eigenvalue weighted by atomic mass is 10.2. The van der Waals surface area contributed by atoms with E-state index in [0.717, 1.165) is 5.69 Å². The number of imidazole rings is 1. The summed E-state index contributed by atoms with van der Waals surface area (Å²) in [6.45, 7) is 0. The van der Waals surface area contributed by atoms with E-state index >= 15 is 0 Å². The lowest BCUT2D eigenvalue weighted by Crippen LogP contribution is -2.12. The Hall–Kier alpha value is -3.19. The van der Waals surface area contributed by atoms with E-state index in [-0.39, 0.29) is 5.91 Å². The van der Waals surface area contributed by atoms with Crippen LogP contribution in [0.1, 0.15) is 10.5 Å². The first-order chi connectivity index (χ1) is 11.8. The van der Waals surface area contributed by atoms with Gasteiger partial charge in [-0.2, -0.15) is 0 Å². The van der Waals surface area contributed by atoms with Crippen LogP contribution in [0.5, 0.6) is 0 Å². The van der Waals surface area contributed by atoms with E-state index in [0.29, 0.717) is 22.1 Å². The van der Waals surface area contributed by atoms with Gasteiger partial charge in [0.25, 0.3) is 5.91 Å². The monoisotopic (exact) mass is 336 g/mol. The number of aromatic nitrogens is 3. The third kappa shape index (κ3) is 2.84. The minimum absolute atomic E-state index is 0.251. The van der Waals surface area contributed by atoms with Crippen LogP contribution in [0.4, 0.5) is 5.69 Å². The molecule has 0 fully saturated rings. The largest absolute Gasteiger partial charge is 0.462 e. The summed E-state index contributed by atoms with van der Waals surface area (Å²) in [6, 6.07) is 11.1. The summed E-state index contributed by atoms with van der Waals surface area (Å²) in [7, 11) is 0. The number of hydrogen-bond donors (Lipinski definition) is 1. The maximum atomic E-state index is 12.3. The molecule has 0 spiro atoms. The van der Waals surface area contributed by atoms with Gasteiger partial charge in [0.1, 0.15) is 5.69 Å². The maximum Gasteiger partial charge on any atom is 0.275 e. The summed E-state index contributed by atoms with van der Waals surface area (Å²) in [5.41, 5.74) is 2.04. The second-order valence-electron chi connectivity index (χ2n) is 4.99. The second-order valence-corrected chi connectivity index (χ2v) is 5.84. The molecule has 0 saturated carbocycles. The molecule has 3 aromatic heterocycles. The minimum Gasteiger partial charge on any atom is -0.462 e. The quantitative estimate of drug-likeness (QED) is 0.614. The van der Waals surface area contributed by atoms with E-state index in [1.165, 1.54) is 11.3 Å². The van der Waals surface area contributed by atoms with Crippen LogP contribution in [-0.2, 0) is 0 Å². The van der Waals surface area contributed by atoms with Crippen molar-refractivity contribution in [1.29, 1.82) is 0 Å². The number of carbonyl (C=O) groups is 1. The van der Waals surface area contributed by atoms with E-state index in [2.05, 4.69) is 15.3 Å². The summed E-state index contributed by atoms with van der Waals surface area (Å²) in [5, 5.41) is 5.24. The second kappa shape index (κ2) is 6.13. The van der Waals surface area contributed by atoms with Crippen LogP contribution >= 0.6 is 11.3 Å². The molecule has 6 nitrogen and oxygen atoms in total. The molecule has 1 N–H and O–H groups in total. The topological polar surface area (TPSA) is 73.0 Å². The van der Waals surface area contributed by atoms with Crippen LogP contribution in [0.3, 0.4) is 0 Å². The average Bonchev–Trinajstić information content (AvgIpc) is 3.35. The molecular weight excluding hydrogens is 324 g/mol. The number of hydrogen-bond acceptors (Lipinski definition) is 5. The minimum atomic E-state index is -0.251. The van der Waals surface area contributed by atoms with Gasteiger partial charge in [0, 0.05) is 29.1 Å². The number of carbonyl (C=O) groups excluding carboxylic acids is 1. The van der Waals surface area contributed by atoms with Gasteiger partial charge in [-0.1, -0.05) is 0 Å². The molecule has 0 saturated heterocycles. The molecule has 1 amide bonds. The average molecular weight is 336 g/mol. The van der Waals surface area contributed by atoms with Crippen molar-refractivity contribution in [3.63, 3.8) is 0 Å². The number of thiazole rings is 1. The normalized spacial score (nSPS) is 10.7. The summed E-state index contributed by atoms with van der Waals surface area (Å²) in [4.78, 5) is 20.6. The van der Waals surface area contributed by atoms with Crippen molar-refractivity contribution in [2.24, 2.45) is 0 Å². The highest BCUT2D eigenvalue weighted by Crippen LogP contribution is 2.24. The van der Waals surface area contributed by atoms with Gasteiger partial charge in [-0.25, -0.2) is 9.97 Å². The van der Waals surface area contributed by atoms with Gasteiger partial charge in [-0.05, 0) is 36.4 Å². The third-order valence-corrected chi connectivity index (χ3v) is 4.25. The zero-order valence-electron chi connectivity index (χ0n) is 12.4. The van der Waals surface area contributed by atoms with Crippen LogP contribution in [0.25, 0.3) is 16.5 Å². The lowest BCUT2D eigenvalue weighted by Gasteiger charge is -2.05. The standard InChI is InChI=1S/C17H12N4O2S/c22-16(14-10-24-17(20-14)15-2-1-9-23-15)19-12-3-5-13(6-4-12)21-8-7-18-11-21/h1-11H,(H,19,22). The number of nitrogens with one attached hydrogen (secondary N) is 1. The number of benzene rings is 1. The van der Waals surface area contributed by atoms with Crippen LogP contribution in [0.15, 0.2) is 71.2 Å². The van der Waals surface area contributed by atoms with Gasteiger partial charge >= 0.3 is 0 Å². The van der Waals surface area contributed by atoms with Crippen LogP contribution in [0.2, 0.25) is 0 Å². The van der Waals surface area contributed by atoms with Crippen LogP contribution in [0, 0.1) is 0 Å². The first kappa shape index (κ1) is 14.4. The van der Waals surface area contributed by atoms with Gasteiger partial charge in [0.05, 0.1) is 12.6 Å². The van der Waals surface area contributed by atoms with Crippen molar-refractivity contribution in [3.05, 3.63) is 72.5 Å². The maximum absolute atomic E-state index is 12.3. The molecule has 0 atom stereocenters. The Morgan fingerprint density at radius 2 is 2.08 bits per heavy atom. The van der Waals surface area contributed by atoms with E-state index in [9.17, 15) is 4.79 Å². The Morgan fingerprint density at radius 1 is 1.21 bits per heavy atom. The molecule has 0 unspecified atom stereocenters. The van der Waals surface area contributed by atoms with Gasteiger partial charge in [0.15, 0.2) is 10.8 Å². The molecule has 0 aliphatic carbocycles. The van der Waals surface area contributed by atoms with Crippen LogP contribution in [-0.4, -0.2) is 20.4 Å². The Bertz CT molecular complexity index is 941. The highest BCUT2D eigenvalue weighted by molar-refractivity contribution is 7.13. The van der Waals surface area contributed by atoms with Crippen LogP contribution < -0.4 is 5.32 Å². The SMILES string of the molecule is O=C(Nc1ccc(-n2ccnc2)cc1)c1csc(-c2ccco2)n1. The molecule has 0 aliphatic rings. The molecule has 1 aromatic carbocycles. The number of amides is 1. The molecule has 0 bridgehead atoms. The molecule has 0 aliphatic heterocycles. The number of nitrogens with zero attached hydrogens (tertiary/aromatic N) is 3. The number of rotatable bonds is 4. The zero-order chi connectivity index (χ0) is 16.4. The molecule has 3 heterocycles. The van der Waals surface area contributed by atoms with E-state index in [4.69, 9.17) is 4.42 Å². The Balaban J connectivity index is 1.48. The fraction of sp³-hybridized carbons (Fsp3) is 0. The predicted octanol–water partition coefficient (Wildman–Crippen LogP) is 3.84. The number of furan rings is 1. The van der Waals surface area contributed by atoms with Crippen molar-refractivity contribution in [2.45, 2.75) is 0 Å². The molecule has 7 heteroatoms. The fourth-order valence-electron chi connectivity index (χ4n) is 2.22. The molecule has 4 rings (SSSR count). The third-order valence-electron chi connectivity index (χ3n) is 3.40. The van der Waals surface area contributed by atoms with Crippen molar-refractivity contribution < 1.29 is 9.21 Å². The highest BCUT2D eigenvalue weighted by Gasteiger charge is 2.13. The summed E-state index contributed by atoms with van der Waals surface area (Å²) >= 11 is 1.37. The summed E-state index contributed by atoms with van der Waals surface area (Å²) < 4.78 is 7.18. The molecule has 24 heavy (non-hydrogen) atoms. The Labute approximate surface area is 141 Å². The molecular formula is C17H12N4O2S. The van der Waals surface area contributed by atoms with Gasteiger partial charge in [-0.3, -0.25) is 4.79 Å². The smallest absolute Gasteiger partial charge is 0.275 e. The lowest BCUT2D eigenvalue weighted by molar-refractivity contribution is 0.102. The van der Waals surface area contributed by atoms with Crippen molar-refractivity contribution in [2.75, 3.05) is 5.32 Å². The number of anilines is 1. The molecule has 118 valence electrons. The van der Waals surface area contributed by atoms with Gasteiger partial charge < -0.3 is 14.3 Å². The van der Waals surface area contributed by atoms with E-state index < -0.39 is 0 Å². The first-order valence-electron chi connectivity index (χ1n) is 7.19. The Morgan fingerprint density at radius 3 is 2.79 bits per heavy atom. The highest BCUT2D eigenvalue weighted by atomic mass is 32.1. The Kier molecular flexibility index (Phi) is 3.68. The summed E-state index contributed by atoms with van der Waals surface area (Å²) in [6.07, 6.45) is 6.88. The first-order valence-corrected chi connectivity index (χ1v) is 8.07. The van der Waals surface area contributed by atoms with E-state index in [1.807, 2.05) is 41.1 Å². The summed E-state index contributed by atoms with van der Waals surface area (Å²) in [5.74, 6) is 0.406. The van der Waals surface area contributed by atoms with Gasteiger partial charge in [-0.15, -0.1) is 11.3 Å². The van der Waals surface area contributed by atoms with E-state index in [1.54, 1.807) is 30.2 Å². The van der Waals surface area contributed by atoms with Crippen molar-refractivity contribution >= 4 is 22.9 Å².